The van der Waals surface area contributed by atoms with Crippen LogP contribution in [0, 0.1) is 0 Å². The molecule has 0 unspecified atom stereocenters. The zero-order valence-corrected chi connectivity index (χ0v) is 7.94. The Morgan fingerprint density at radius 3 is 2.86 bits per heavy atom. The molecule has 0 amide bonds. The summed E-state index contributed by atoms with van der Waals surface area (Å²) in [7, 11) is 0. The van der Waals surface area contributed by atoms with Crippen molar-refractivity contribution in [1.29, 1.82) is 0 Å². The first-order chi connectivity index (χ1) is 6.75. The van der Waals surface area contributed by atoms with Crippen LogP contribution in [-0.2, 0) is 0 Å². The molecule has 1 fully saturated rings. The number of nitrogens with zero attached hydrogens (tertiary/aromatic N) is 2. The van der Waals surface area contributed by atoms with Gasteiger partial charge in [-0.25, -0.2) is 4.98 Å². The van der Waals surface area contributed by atoms with Gasteiger partial charge in [-0.15, -0.1) is 0 Å². The van der Waals surface area contributed by atoms with Crippen molar-refractivity contribution in [2.75, 3.05) is 18.0 Å². The van der Waals surface area contributed by atoms with Crippen LogP contribution in [0.2, 0.25) is 0 Å². The van der Waals surface area contributed by atoms with Gasteiger partial charge in [0.05, 0.1) is 6.33 Å². The van der Waals surface area contributed by atoms with Crippen LogP contribution in [0.25, 0.3) is 0 Å². The van der Waals surface area contributed by atoms with Crippen molar-refractivity contribution >= 4 is 5.82 Å². The molecule has 1 aromatic heterocycles. The number of nitrogens with two attached hydrogens (primary N) is 1. The summed E-state index contributed by atoms with van der Waals surface area (Å²) in [5, 5.41) is 0. The highest BCUT2D eigenvalue weighted by Gasteiger charge is 2.16. The van der Waals surface area contributed by atoms with Crippen LogP contribution < -0.4 is 16.2 Å². The number of hydrogen-bond acceptors (Lipinski definition) is 4. The molecule has 0 atom stereocenters. The van der Waals surface area contributed by atoms with Crippen molar-refractivity contribution in [2.24, 2.45) is 5.73 Å². The molecular weight excluding hydrogens is 180 g/mol. The topological polar surface area (TPSA) is 75.0 Å². The summed E-state index contributed by atoms with van der Waals surface area (Å²) in [6, 6.07) is 1.82. The third-order valence-corrected chi connectivity index (χ3v) is 2.53. The Morgan fingerprint density at radius 1 is 1.50 bits per heavy atom. The lowest BCUT2D eigenvalue weighted by molar-refractivity contribution is 0.498. The molecule has 1 aliphatic rings. The van der Waals surface area contributed by atoms with E-state index in [0.717, 1.165) is 31.7 Å². The van der Waals surface area contributed by atoms with Gasteiger partial charge in [0, 0.05) is 25.2 Å². The summed E-state index contributed by atoms with van der Waals surface area (Å²) in [5.41, 5.74) is 5.68. The summed E-state index contributed by atoms with van der Waals surface area (Å²) < 4.78 is 0. The van der Waals surface area contributed by atoms with Crippen molar-refractivity contribution < 1.29 is 0 Å². The minimum atomic E-state index is -0.107. The minimum absolute atomic E-state index is 0.107. The second kappa shape index (κ2) is 3.79. The highest BCUT2D eigenvalue weighted by molar-refractivity contribution is 5.36. The van der Waals surface area contributed by atoms with Gasteiger partial charge in [-0.3, -0.25) is 4.79 Å². The van der Waals surface area contributed by atoms with Gasteiger partial charge in [-0.1, -0.05) is 0 Å². The van der Waals surface area contributed by atoms with Gasteiger partial charge < -0.3 is 15.6 Å². The van der Waals surface area contributed by atoms with E-state index in [1.165, 1.54) is 12.4 Å². The molecule has 0 radical (unpaired) electrons. The van der Waals surface area contributed by atoms with E-state index in [2.05, 4.69) is 14.9 Å². The number of nitrogens with one attached hydrogen (secondary N) is 1. The molecule has 5 heteroatoms. The smallest absolute Gasteiger partial charge is 0.252 e. The molecule has 2 heterocycles. The third kappa shape index (κ3) is 1.93. The summed E-state index contributed by atoms with van der Waals surface area (Å²) >= 11 is 0. The quantitative estimate of drug-likeness (QED) is 0.643. The van der Waals surface area contributed by atoms with Crippen molar-refractivity contribution in [2.45, 2.75) is 18.9 Å². The van der Waals surface area contributed by atoms with E-state index in [0.29, 0.717) is 6.04 Å². The van der Waals surface area contributed by atoms with Gasteiger partial charge in [-0.05, 0) is 12.8 Å². The molecule has 5 nitrogen and oxygen atoms in total. The summed E-state index contributed by atoms with van der Waals surface area (Å²) in [6.45, 7) is 1.77. The van der Waals surface area contributed by atoms with E-state index in [4.69, 9.17) is 5.73 Å². The Hall–Kier alpha value is -1.36. The van der Waals surface area contributed by atoms with Gasteiger partial charge >= 0.3 is 0 Å². The molecule has 3 N–H and O–H groups in total. The molecule has 1 aliphatic heterocycles. The molecule has 0 aromatic carbocycles. The Bertz CT molecular complexity index is 354. The lowest BCUT2D eigenvalue weighted by Crippen LogP contribution is -2.40. The van der Waals surface area contributed by atoms with Gasteiger partial charge in [-0.2, -0.15) is 0 Å². The standard InChI is InChI=1S/C9H14N4O/c10-7-1-3-13(4-2-7)8-5-9(14)12-6-11-8/h5-7H,1-4,10H2,(H,11,12,14). The van der Waals surface area contributed by atoms with Crippen LogP contribution in [0.3, 0.4) is 0 Å². The number of aromatic amines is 1. The van der Waals surface area contributed by atoms with Crippen molar-refractivity contribution in [1.82, 2.24) is 9.97 Å². The van der Waals surface area contributed by atoms with Crippen LogP contribution in [0.4, 0.5) is 5.82 Å². The van der Waals surface area contributed by atoms with E-state index >= 15 is 0 Å². The predicted molar refractivity (Wildman–Crippen MR) is 54.3 cm³/mol. The van der Waals surface area contributed by atoms with Crippen LogP contribution in [0.1, 0.15) is 12.8 Å². The Labute approximate surface area is 82.0 Å². The fraction of sp³-hybridized carbons (Fsp3) is 0.556. The van der Waals surface area contributed by atoms with Crippen molar-refractivity contribution in [3.8, 4) is 0 Å². The maximum absolute atomic E-state index is 11.1. The molecule has 0 bridgehead atoms. The molecule has 1 saturated heterocycles. The SMILES string of the molecule is NC1CCN(c2cc(=O)[nH]cn2)CC1. The largest absolute Gasteiger partial charge is 0.356 e. The van der Waals surface area contributed by atoms with E-state index in [1.54, 1.807) is 0 Å². The average molecular weight is 194 g/mol. The highest BCUT2D eigenvalue weighted by atomic mass is 16.1. The maximum atomic E-state index is 11.1. The number of rotatable bonds is 1. The Morgan fingerprint density at radius 2 is 2.21 bits per heavy atom. The van der Waals surface area contributed by atoms with E-state index < -0.39 is 0 Å². The number of aromatic nitrogens is 2. The molecular formula is C9H14N4O. The summed E-state index contributed by atoms with van der Waals surface area (Å²) in [6.07, 6.45) is 3.37. The van der Waals surface area contributed by atoms with Gasteiger partial charge in [0.2, 0.25) is 0 Å². The van der Waals surface area contributed by atoms with Crippen LogP contribution in [0.15, 0.2) is 17.2 Å². The molecule has 0 spiro atoms. The van der Waals surface area contributed by atoms with E-state index in [-0.39, 0.29) is 5.56 Å². The van der Waals surface area contributed by atoms with Crippen molar-refractivity contribution in [3.05, 3.63) is 22.7 Å². The number of piperidine rings is 1. The third-order valence-electron chi connectivity index (χ3n) is 2.53. The second-order valence-electron chi connectivity index (χ2n) is 3.59. The number of H-pyrrole nitrogens is 1. The number of hydrogen-bond donors (Lipinski definition) is 2. The summed E-state index contributed by atoms with van der Waals surface area (Å²) in [4.78, 5) is 19.8. The van der Waals surface area contributed by atoms with Crippen LogP contribution >= 0.6 is 0 Å². The lowest BCUT2D eigenvalue weighted by Gasteiger charge is -2.30. The molecule has 0 saturated carbocycles. The van der Waals surface area contributed by atoms with Gasteiger partial charge in [0.25, 0.3) is 5.56 Å². The fourth-order valence-corrected chi connectivity index (χ4v) is 1.66. The summed E-state index contributed by atoms with van der Waals surface area (Å²) in [5.74, 6) is 0.751. The highest BCUT2D eigenvalue weighted by Crippen LogP contribution is 2.14. The first-order valence-corrected chi connectivity index (χ1v) is 4.81. The monoisotopic (exact) mass is 194 g/mol. The molecule has 1 aromatic rings. The maximum Gasteiger partial charge on any atom is 0.252 e. The van der Waals surface area contributed by atoms with E-state index in [9.17, 15) is 4.79 Å². The number of anilines is 1. The lowest BCUT2D eigenvalue weighted by atomic mass is 10.1. The molecule has 76 valence electrons. The normalized spacial score (nSPS) is 18.5. The van der Waals surface area contributed by atoms with Gasteiger partial charge in [0.1, 0.15) is 5.82 Å². The fourth-order valence-electron chi connectivity index (χ4n) is 1.66. The van der Waals surface area contributed by atoms with Crippen molar-refractivity contribution in [3.63, 3.8) is 0 Å². The average Bonchev–Trinajstić information content (AvgIpc) is 2.19. The molecule has 2 rings (SSSR count). The van der Waals surface area contributed by atoms with Crippen LogP contribution in [0.5, 0.6) is 0 Å². The Kier molecular flexibility index (Phi) is 2.49. The van der Waals surface area contributed by atoms with E-state index in [1.807, 2.05) is 0 Å². The molecule has 0 aliphatic carbocycles. The Balaban J connectivity index is 2.12. The zero-order valence-electron chi connectivity index (χ0n) is 7.94. The zero-order chi connectivity index (χ0) is 9.97. The minimum Gasteiger partial charge on any atom is -0.356 e. The molecule has 14 heavy (non-hydrogen) atoms. The predicted octanol–water partition coefficient (Wildman–Crippen LogP) is -0.303. The second-order valence-corrected chi connectivity index (χ2v) is 3.59. The first-order valence-electron chi connectivity index (χ1n) is 4.81. The van der Waals surface area contributed by atoms with Crippen LogP contribution in [-0.4, -0.2) is 29.1 Å². The van der Waals surface area contributed by atoms with Gasteiger partial charge in [0.15, 0.2) is 0 Å². The first kappa shape index (κ1) is 9.21.